The Balaban J connectivity index is 1.73. The molecule has 23 heavy (non-hydrogen) atoms. The lowest BCUT2D eigenvalue weighted by molar-refractivity contribution is -0.132. The van der Waals surface area contributed by atoms with E-state index in [0.29, 0.717) is 13.0 Å². The molecule has 0 atom stereocenters. The molecule has 122 valence electrons. The smallest absolute Gasteiger partial charge is 0.252 e. The molecule has 0 unspecified atom stereocenters. The maximum absolute atomic E-state index is 12.3. The minimum Gasteiger partial charge on any atom is -0.340 e. The molecule has 2 heterocycles. The van der Waals surface area contributed by atoms with E-state index in [2.05, 4.69) is 16.0 Å². The summed E-state index contributed by atoms with van der Waals surface area (Å²) in [6.07, 6.45) is 0.559. The van der Waals surface area contributed by atoms with Crippen LogP contribution < -0.4 is 5.56 Å². The standard InChI is InChI=1S/C18H23N3O2/c1-3-17(22)21-8-6-20(7-9-21)12-15-11-14-10-13(2)4-5-16(14)19-18(15)23/h4-5,10-11H,3,6-9,12H2,1-2H3,(H,19,23). The molecule has 0 radical (unpaired) electrons. The van der Waals surface area contributed by atoms with Gasteiger partial charge in [0.15, 0.2) is 0 Å². The number of carbonyl (C=O) groups excluding carboxylic acids is 1. The zero-order valence-electron chi connectivity index (χ0n) is 13.8. The zero-order chi connectivity index (χ0) is 16.4. The normalized spacial score (nSPS) is 16.0. The van der Waals surface area contributed by atoms with E-state index in [4.69, 9.17) is 0 Å². The topological polar surface area (TPSA) is 56.4 Å². The van der Waals surface area contributed by atoms with E-state index in [1.807, 2.05) is 36.9 Å². The highest BCUT2D eigenvalue weighted by atomic mass is 16.2. The van der Waals surface area contributed by atoms with Gasteiger partial charge in [0.05, 0.1) is 0 Å². The average Bonchev–Trinajstić information content (AvgIpc) is 2.56. The number of nitrogens with zero attached hydrogens (tertiary/aromatic N) is 2. The number of H-pyrrole nitrogens is 1. The van der Waals surface area contributed by atoms with Gasteiger partial charge < -0.3 is 9.88 Å². The van der Waals surface area contributed by atoms with Crippen LogP contribution in [0, 0.1) is 6.92 Å². The van der Waals surface area contributed by atoms with E-state index in [1.165, 1.54) is 5.56 Å². The number of aromatic amines is 1. The van der Waals surface area contributed by atoms with Crippen molar-refractivity contribution < 1.29 is 4.79 Å². The van der Waals surface area contributed by atoms with Crippen LogP contribution in [0.15, 0.2) is 29.1 Å². The highest BCUT2D eigenvalue weighted by Gasteiger charge is 2.20. The Bertz CT molecular complexity index is 773. The summed E-state index contributed by atoms with van der Waals surface area (Å²) in [7, 11) is 0. The first-order chi connectivity index (χ1) is 11.1. The van der Waals surface area contributed by atoms with Gasteiger partial charge >= 0.3 is 0 Å². The molecule has 0 saturated carbocycles. The predicted molar refractivity (Wildman–Crippen MR) is 91.5 cm³/mol. The van der Waals surface area contributed by atoms with Gasteiger partial charge in [0.2, 0.25) is 5.91 Å². The fraction of sp³-hybridized carbons (Fsp3) is 0.444. The molecule has 3 rings (SSSR count). The van der Waals surface area contributed by atoms with Gasteiger partial charge in [-0.2, -0.15) is 0 Å². The lowest BCUT2D eigenvalue weighted by atomic mass is 10.1. The fourth-order valence-electron chi connectivity index (χ4n) is 3.11. The van der Waals surface area contributed by atoms with Crippen LogP contribution in [-0.4, -0.2) is 46.9 Å². The van der Waals surface area contributed by atoms with Gasteiger partial charge in [-0.05, 0) is 30.5 Å². The second-order valence-electron chi connectivity index (χ2n) is 6.22. The lowest BCUT2D eigenvalue weighted by Gasteiger charge is -2.34. The molecule has 1 aromatic carbocycles. The maximum atomic E-state index is 12.3. The molecule has 5 nitrogen and oxygen atoms in total. The average molecular weight is 313 g/mol. The Morgan fingerprint density at radius 3 is 2.61 bits per heavy atom. The first-order valence-electron chi connectivity index (χ1n) is 8.19. The van der Waals surface area contributed by atoms with Crippen LogP contribution in [0.5, 0.6) is 0 Å². The number of piperazine rings is 1. The summed E-state index contributed by atoms with van der Waals surface area (Å²) in [6.45, 7) is 7.70. The quantitative estimate of drug-likeness (QED) is 0.941. The molecule has 0 aliphatic carbocycles. The number of nitrogens with one attached hydrogen (secondary N) is 1. The van der Waals surface area contributed by atoms with Crippen LogP contribution in [0.2, 0.25) is 0 Å². The number of hydrogen-bond acceptors (Lipinski definition) is 3. The Hall–Kier alpha value is -2.14. The maximum Gasteiger partial charge on any atom is 0.252 e. The third-order valence-electron chi connectivity index (χ3n) is 4.50. The van der Waals surface area contributed by atoms with Crippen LogP contribution in [0.4, 0.5) is 0 Å². The number of benzene rings is 1. The minimum atomic E-state index is -0.0200. The lowest BCUT2D eigenvalue weighted by Crippen LogP contribution is -2.48. The summed E-state index contributed by atoms with van der Waals surface area (Å²) in [5.41, 5.74) is 2.83. The molecular formula is C18H23N3O2. The van der Waals surface area contributed by atoms with Crippen molar-refractivity contribution in [2.75, 3.05) is 26.2 Å². The van der Waals surface area contributed by atoms with Crippen molar-refractivity contribution in [2.45, 2.75) is 26.8 Å². The molecule has 1 aromatic heterocycles. The summed E-state index contributed by atoms with van der Waals surface area (Å²) in [5.74, 6) is 0.212. The number of amides is 1. The van der Waals surface area contributed by atoms with Crippen LogP contribution in [0.1, 0.15) is 24.5 Å². The Kier molecular flexibility index (Phi) is 4.48. The Morgan fingerprint density at radius 1 is 1.17 bits per heavy atom. The molecule has 1 fully saturated rings. The Labute approximate surface area is 135 Å². The third kappa shape index (κ3) is 3.45. The highest BCUT2D eigenvalue weighted by molar-refractivity contribution is 5.79. The van der Waals surface area contributed by atoms with Crippen LogP contribution in [-0.2, 0) is 11.3 Å². The molecule has 0 spiro atoms. The van der Waals surface area contributed by atoms with Crippen molar-refractivity contribution in [3.63, 3.8) is 0 Å². The summed E-state index contributed by atoms with van der Waals surface area (Å²) in [6, 6.07) is 8.03. The SMILES string of the molecule is CCC(=O)N1CCN(Cc2cc3cc(C)ccc3[nH]c2=O)CC1. The summed E-state index contributed by atoms with van der Waals surface area (Å²) < 4.78 is 0. The molecule has 0 bridgehead atoms. The van der Waals surface area contributed by atoms with Gasteiger partial charge in [-0.1, -0.05) is 18.6 Å². The van der Waals surface area contributed by atoms with E-state index in [1.54, 1.807) is 0 Å². The zero-order valence-corrected chi connectivity index (χ0v) is 13.8. The van der Waals surface area contributed by atoms with Gasteiger partial charge in [0.25, 0.3) is 5.56 Å². The first kappa shape index (κ1) is 15.7. The number of aryl methyl sites for hydroxylation is 1. The van der Waals surface area contributed by atoms with Crippen molar-refractivity contribution in [1.82, 2.24) is 14.8 Å². The molecule has 1 amide bonds. The second-order valence-corrected chi connectivity index (χ2v) is 6.22. The van der Waals surface area contributed by atoms with Crippen molar-refractivity contribution >= 4 is 16.8 Å². The van der Waals surface area contributed by atoms with Crippen LogP contribution in [0.25, 0.3) is 10.9 Å². The summed E-state index contributed by atoms with van der Waals surface area (Å²) in [4.78, 5) is 31.1. The fourth-order valence-corrected chi connectivity index (χ4v) is 3.11. The highest BCUT2D eigenvalue weighted by Crippen LogP contribution is 2.15. The van der Waals surface area contributed by atoms with Gasteiger partial charge in [0, 0.05) is 50.2 Å². The van der Waals surface area contributed by atoms with Crippen molar-refractivity contribution in [3.8, 4) is 0 Å². The number of pyridine rings is 1. The second kappa shape index (κ2) is 6.54. The number of rotatable bonds is 3. The summed E-state index contributed by atoms with van der Waals surface area (Å²) >= 11 is 0. The van der Waals surface area contributed by atoms with E-state index >= 15 is 0 Å². The molecule has 1 aliphatic rings. The van der Waals surface area contributed by atoms with Crippen LogP contribution in [0.3, 0.4) is 0 Å². The van der Waals surface area contributed by atoms with Gasteiger partial charge in [-0.15, -0.1) is 0 Å². The number of aromatic nitrogens is 1. The Morgan fingerprint density at radius 2 is 1.91 bits per heavy atom. The number of hydrogen-bond donors (Lipinski definition) is 1. The third-order valence-corrected chi connectivity index (χ3v) is 4.50. The van der Waals surface area contributed by atoms with Gasteiger partial charge in [-0.3, -0.25) is 14.5 Å². The van der Waals surface area contributed by atoms with E-state index in [0.717, 1.165) is 42.6 Å². The van der Waals surface area contributed by atoms with Gasteiger partial charge in [-0.25, -0.2) is 0 Å². The summed E-state index contributed by atoms with van der Waals surface area (Å²) in [5, 5.41) is 1.07. The molecule has 1 N–H and O–H groups in total. The largest absolute Gasteiger partial charge is 0.340 e. The van der Waals surface area contributed by atoms with Crippen LogP contribution >= 0.6 is 0 Å². The first-order valence-corrected chi connectivity index (χ1v) is 8.19. The molecular weight excluding hydrogens is 290 g/mol. The molecule has 2 aromatic rings. The predicted octanol–water partition coefficient (Wildman–Crippen LogP) is 1.89. The number of carbonyl (C=O) groups is 1. The molecule has 1 saturated heterocycles. The van der Waals surface area contributed by atoms with Crippen molar-refractivity contribution in [1.29, 1.82) is 0 Å². The van der Waals surface area contributed by atoms with E-state index in [-0.39, 0.29) is 11.5 Å². The monoisotopic (exact) mass is 313 g/mol. The van der Waals surface area contributed by atoms with Crippen molar-refractivity contribution in [3.05, 3.63) is 45.7 Å². The molecule has 5 heteroatoms. The van der Waals surface area contributed by atoms with E-state index < -0.39 is 0 Å². The van der Waals surface area contributed by atoms with Gasteiger partial charge in [0.1, 0.15) is 0 Å². The molecule has 1 aliphatic heterocycles. The van der Waals surface area contributed by atoms with E-state index in [9.17, 15) is 9.59 Å². The number of fused-ring (bicyclic) bond motifs is 1. The van der Waals surface area contributed by atoms with Crippen molar-refractivity contribution in [2.24, 2.45) is 0 Å². The minimum absolute atomic E-state index is 0.0200.